The van der Waals surface area contributed by atoms with Crippen LogP contribution in [0.5, 0.6) is 0 Å². The van der Waals surface area contributed by atoms with Crippen molar-refractivity contribution in [2.24, 2.45) is 0 Å². The monoisotopic (exact) mass is 328 g/mol. The van der Waals surface area contributed by atoms with E-state index in [1.165, 1.54) is 17.5 Å². The van der Waals surface area contributed by atoms with Crippen LogP contribution < -0.4 is 5.32 Å². The normalized spacial score (nSPS) is 12.0. The molecule has 2 aromatic rings. The van der Waals surface area contributed by atoms with Crippen LogP contribution in [0.15, 0.2) is 23.6 Å². The van der Waals surface area contributed by atoms with Gasteiger partial charge in [-0.25, -0.2) is 14.2 Å². The number of nitrogens with zero attached hydrogens (tertiary/aromatic N) is 1. The van der Waals surface area contributed by atoms with Gasteiger partial charge in [0.15, 0.2) is 5.69 Å². The lowest BCUT2D eigenvalue weighted by Gasteiger charge is -2.11. The van der Waals surface area contributed by atoms with Crippen molar-refractivity contribution in [3.63, 3.8) is 0 Å². The van der Waals surface area contributed by atoms with E-state index < -0.39 is 23.7 Å². The number of carboxylic acid groups (broad SMARTS) is 1. The van der Waals surface area contributed by atoms with E-state index in [1.54, 1.807) is 6.92 Å². The number of benzene rings is 1. The number of amides is 1. The van der Waals surface area contributed by atoms with Gasteiger partial charge in [0.2, 0.25) is 0 Å². The smallest absolute Gasteiger partial charge is 0.355 e. The van der Waals surface area contributed by atoms with Crippen LogP contribution in [-0.2, 0) is 0 Å². The van der Waals surface area contributed by atoms with Crippen molar-refractivity contribution in [2.75, 3.05) is 0 Å². The number of aromatic carboxylic acids is 1. The lowest BCUT2D eigenvalue weighted by molar-refractivity contribution is 0.0691. The molecule has 5 nitrogen and oxygen atoms in total. The average molecular weight is 329 g/mol. The zero-order chi connectivity index (χ0) is 15.6. The van der Waals surface area contributed by atoms with Crippen molar-refractivity contribution in [2.45, 2.75) is 13.0 Å². The highest BCUT2D eigenvalue weighted by molar-refractivity contribution is 7.09. The van der Waals surface area contributed by atoms with Gasteiger partial charge in [0, 0.05) is 10.4 Å². The largest absolute Gasteiger partial charge is 0.476 e. The van der Waals surface area contributed by atoms with E-state index in [0.717, 1.165) is 17.4 Å². The van der Waals surface area contributed by atoms with E-state index in [2.05, 4.69) is 10.3 Å². The molecule has 1 unspecified atom stereocenters. The fourth-order valence-corrected chi connectivity index (χ4v) is 2.56. The minimum absolute atomic E-state index is 0.0926. The molecule has 0 radical (unpaired) electrons. The predicted molar refractivity (Wildman–Crippen MR) is 76.4 cm³/mol. The summed E-state index contributed by atoms with van der Waals surface area (Å²) in [5.74, 6) is -2.47. The Morgan fingerprint density at radius 1 is 1.48 bits per heavy atom. The molecule has 0 aliphatic rings. The summed E-state index contributed by atoms with van der Waals surface area (Å²) in [6, 6.07) is 3.13. The molecule has 0 saturated heterocycles. The maximum Gasteiger partial charge on any atom is 0.355 e. The van der Waals surface area contributed by atoms with E-state index in [9.17, 15) is 14.0 Å². The molecule has 2 N–H and O–H groups in total. The molecule has 0 fully saturated rings. The summed E-state index contributed by atoms with van der Waals surface area (Å²) in [4.78, 5) is 26.6. The highest BCUT2D eigenvalue weighted by Gasteiger charge is 2.18. The Kier molecular flexibility index (Phi) is 4.54. The second-order valence-corrected chi connectivity index (χ2v) is 5.52. The molecule has 0 saturated carbocycles. The van der Waals surface area contributed by atoms with Crippen molar-refractivity contribution in [1.82, 2.24) is 10.3 Å². The van der Waals surface area contributed by atoms with Crippen molar-refractivity contribution in [3.8, 4) is 0 Å². The van der Waals surface area contributed by atoms with E-state index in [0.29, 0.717) is 5.01 Å². The Morgan fingerprint density at radius 3 is 2.81 bits per heavy atom. The first-order valence-electron chi connectivity index (χ1n) is 5.83. The molecule has 0 bridgehead atoms. The number of halogens is 2. The summed E-state index contributed by atoms with van der Waals surface area (Å²) in [6.07, 6.45) is 0. The number of rotatable bonds is 4. The van der Waals surface area contributed by atoms with Crippen LogP contribution in [-0.4, -0.2) is 22.0 Å². The van der Waals surface area contributed by atoms with Crippen LogP contribution in [0.4, 0.5) is 4.39 Å². The molecule has 1 aromatic heterocycles. The van der Waals surface area contributed by atoms with Gasteiger partial charge in [-0.1, -0.05) is 11.6 Å². The number of aromatic nitrogens is 1. The quantitative estimate of drug-likeness (QED) is 0.903. The third-order valence-electron chi connectivity index (χ3n) is 2.63. The Hall–Kier alpha value is -1.99. The number of hydrogen-bond donors (Lipinski definition) is 2. The Labute approximate surface area is 128 Å². The molecule has 8 heteroatoms. The van der Waals surface area contributed by atoms with Crippen LogP contribution in [0, 0.1) is 5.82 Å². The van der Waals surface area contributed by atoms with Crippen molar-refractivity contribution < 1.29 is 19.1 Å². The Morgan fingerprint density at radius 2 is 2.19 bits per heavy atom. The minimum atomic E-state index is -1.14. The zero-order valence-electron chi connectivity index (χ0n) is 10.8. The van der Waals surface area contributed by atoms with Gasteiger partial charge in [-0.15, -0.1) is 11.3 Å². The second kappa shape index (κ2) is 6.19. The molecule has 2 rings (SSSR count). The molecule has 0 aliphatic heterocycles. The van der Waals surface area contributed by atoms with Gasteiger partial charge in [0.1, 0.15) is 10.8 Å². The van der Waals surface area contributed by atoms with E-state index in [4.69, 9.17) is 16.7 Å². The lowest BCUT2D eigenvalue weighted by Crippen LogP contribution is -2.27. The SMILES string of the molecule is CC(NC(=O)c1cc(Cl)ccc1F)c1nc(C(=O)O)cs1. The molecule has 1 aromatic carbocycles. The van der Waals surface area contributed by atoms with Crippen molar-refractivity contribution in [1.29, 1.82) is 0 Å². The number of thiazole rings is 1. The zero-order valence-corrected chi connectivity index (χ0v) is 12.3. The van der Waals surface area contributed by atoms with E-state index >= 15 is 0 Å². The van der Waals surface area contributed by atoms with Gasteiger partial charge in [-0.2, -0.15) is 0 Å². The molecule has 110 valence electrons. The van der Waals surface area contributed by atoms with Crippen LogP contribution in [0.3, 0.4) is 0 Å². The number of hydrogen-bond acceptors (Lipinski definition) is 4. The fraction of sp³-hybridized carbons (Fsp3) is 0.154. The Bertz CT molecular complexity index is 704. The number of carboxylic acids is 1. The summed E-state index contributed by atoms with van der Waals surface area (Å²) in [7, 11) is 0. The first-order chi connectivity index (χ1) is 9.88. The van der Waals surface area contributed by atoms with Gasteiger partial charge in [-0.05, 0) is 25.1 Å². The standard InChI is InChI=1S/C13H10ClFN2O3S/c1-6(12-17-10(5-21-12)13(19)20)16-11(18)8-4-7(14)2-3-9(8)15/h2-6H,1H3,(H,16,18)(H,19,20). The number of carbonyl (C=O) groups is 2. The average Bonchev–Trinajstić information content (AvgIpc) is 2.91. The summed E-state index contributed by atoms with van der Waals surface area (Å²) in [6.45, 7) is 1.63. The molecule has 0 spiro atoms. The van der Waals surface area contributed by atoms with Crippen LogP contribution in [0.25, 0.3) is 0 Å². The summed E-state index contributed by atoms with van der Waals surface area (Å²) in [5, 5.41) is 13.4. The molecule has 21 heavy (non-hydrogen) atoms. The van der Waals surface area contributed by atoms with Gasteiger partial charge >= 0.3 is 5.97 Å². The van der Waals surface area contributed by atoms with Gasteiger partial charge < -0.3 is 10.4 Å². The van der Waals surface area contributed by atoms with Crippen molar-refractivity contribution >= 4 is 34.8 Å². The van der Waals surface area contributed by atoms with Gasteiger partial charge in [0.25, 0.3) is 5.91 Å². The summed E-state index contributed by atoms with van der Waals surface area (Å²) < 4.78 is 13.6. The number of carbonyl (C=O) groups excluding carboxylic acids is 1. The minimum Gasteiger partial charge on any atom is -0.476 e. The van der Waals surface area contributed by atoms with Crippen LogP contribution in [0.1, 0.15) is 38.8 Å². The molecule has 1 atom stereocenters. The second-order valence-electron chi connectivity index (χ2n) is 4.20. The molecular formula is C13H10ClFN2O3S. The lowest BCUT2D eigenvalue weighted by atomic mass is 10.2. The predicted octanol–water partition coefficient (Wildman–Crippen LogP) is 3.12. The summed E-state index contributed by atoms with van der Waals surface area (Å²) in [5.41, 5.74) is -0.269. The highest BCUT2D eigenvalue weighted by Crippen LogP contribution is 2.20. The Balaban J connectivity index is 2.14. The first kappa shape index (κ1) is 15.4. The molecule has 0 aliphatic carbocycles. The third kappa shape index (κ3) is 3.56. The van der Waals surface area contributed by atoms with Crippen LogP contribution in [0.2, 0.25) is 5.02 Å². The highest BCUT2D eigenvalue weighted by atomic mass is 35.5. The maximum absolute atomic E-state index is 13.6. The molecule has 1 heterocycles. The molecule has 1 amide bonds. The van der Waals surface area contributed by atoms with Gasteiger partial charge in [-0.3, -0.25) is 4.79 Å². The first-order valence-corrected chi connectivity index (χ1v) is 7.09. The fourth-order valence-electron chi connectivity index (χ4n) is 1.59. The maximum atomic E-state index is 13.6. The third-order valence-corrected chi connectivity index (χ3v) is 3.89. The summed E-state index contributed by atoms with van der Waals surface area (Å²) >= 11 is 6.83. The van der Waals surface area contributed by atoms with Crippen molar-refractivity contribution in [3.05, 3.63) is 50.7 Å². The van der Waals surface area contributed by atoms with E-state index in [1.807, 2.05) is 0 Å². The van der Waals surface area contributed by atoms with E-state index in [-0.39, 0.29) is 16.3 Å². The number of nitrogens with one attached hydrogen (secondary N) is 1. The van der Waals surface area contributed by atoms with Crippen LogP contribution >= 0.6 is 22.9 Å². The molecular weight excluding hydrogens is 319 g/mol. The van der Waals surface area contributed by atoms with Gasteiger partial charge in [0.05, 0.1) is 11.6 Å². The topological polar surface area (TPSA) is 79.3 Å².